The minimum absolute atomic E-state index is 0.163. The molecule has 3 nitrogen and oxygen atoms in total. The number of ether oxygens (including phenoxy) is 1. The SMILES string of the molecule is CCNCc1cc(COc2cc(F)cc(F)c2)c(C)o1. The number of hydrogen-bond acceptors (Lipinski definition) is 3. The van der Waals surface area contributed by atoms with Crippen LogP contribution in [0.5, 0.6) is 5.75 Å². The van der Waals surface area contributed by atoms with Gasteiger partial charge in [0.1, 0.15) is 35.5 Å². The highest BCUT2D eigenvalue weighted by Crippen LogP contribution is 2.20. The molecule has 108 valence electrons. The molecule has 0 unspecified atom stereocenters. The summed E-state index contributed by atoms with van der Waals surface area (Å²) in [6.07, 6.45) is 0. The van der Waals surface area contributed by atoms with Crippen LogP contribution in [0.1, 0.15) is 24.0 Å². The number of halogens is 2. The molecule has 1 heterocycles. The molecular formula is C15H17F2NO2. The Labute approximate surface area is 116 Å². The molecule has 20 heavy (non-hydrogen) atoms. The molecule has 0 bridgehead atoms. The van der Waals surface area contributed by atoms with Gasteiger partial charge in [-0.15, -0.1) is 0 Å². The number of hydrogen-bond donors (Lipinski definition) is 1. The Morgan fingerprint density at radius 3 is 2.50 bits per heavy atom. The lowest BCUT2D eigenvalue weighted by atomic mass is 10.2. The molecule has 0 amide bonds. The van der Waals surface area contributed by atoms with Gasteiger partial charge in [0, 0.05) is 23.8 Å². The van der Waals surface area contributed by atoms with Crippen LogP contribution < -0.4 is 10.1 Å². The van der Waals surface area contributed by atoms with Gasteiger partial charge in [-0.25, -0.2) is 8.78 Å². The Morgan fingerprint density at radius 1 is 1.15 bits per heavy atom. The van der Waals surface area contributed by atoms with E-state index in [1.165, 1.54) is 0 Å². The minimum atomic E-state index is -0.656. The zero-order valence-electron chi connectivity index (χ0n) is 11.5. The molecule has 0 aliphatic heterocycles. The Kier molecular flexibility index (Phi) is 4.74. The summed E-state index contributed by atoms with van der Waals surface area (Å²) in [5.41, 5.74) is 0.863. The fourth-order valence-corrected chi connectivity index (χ4v) is 1.84. The second-order valence-corrected chi connectivity index (χ2v) is 4.47. The predicted molar refractivity (Wildman–Crippen MR) is 71.5 cm³/mol. The third-order valence-corrected chi connectivity index (χ3v) is 2.85. The summed E-state index contributed by atoms with van der Waals surface area (Å²) in [4.78, 5) is 0. The standard InChI is InChI=1S/C15H17F2NO2/c1-3-18-8-15-4-11(10(2)20-15)9-19-14-6-12(16)5-13(17)7-14/h4-7,18H,3,8-9H2,1-2H3. The molecular weight excluding hydrogens is 264 g/mol. The van der Waals surface area contributed by atoms with E-state index in [-0.39, 0.29) is 12.4 Å². The second kappa shape index (κ2) is 6.52. The number of rotatable bonds is 6. The first-order valence-corrected chi connectivity index (χ1v) is 6.46. The molecule has 2 rings (SSSR count). The van der Waals surface area contributed by atoms with Gasteiger partial charge < -0.3 is 14.5 Å². The van der Waals surface area contributed by atoms with Crippen LogP contribution in [0.3, 0.4) is 0 Å². The summed E-state index contributed by atoms with van der Waals surface area (Å²) >= 11 is 0. The maximum absolute atomic E-state index is 13.0. The van der Waals surface area contributed by atoms with Gasteiger partial charge in [0.25, 0.3) is 0 Å². The van der Waals surface area contributed by atoms with E-state index in [9.17, 15) is 8.78 Å². The van der Waals surface area contributed by atoms with Crippen LogP contribution >= 0.6 is 0 Å². The van der Waals surface area contributed by atoms with Crippen molar-refractivity contribution in [3.63, 3.8) is 0 Å². The molecule has 0 radical (unpaired) electrons. The fraction of sp³-hybridized carbons (Fsp3) is 0.333. The van der Waals surface area contributed by atoms with Crippen LogP contribution in [0.4, 0.5) is 8.78 Å². The fourth-order valence-electron chi connectivity index (χ4n) is 1.84. The number of furan rings is 1. The van der Waals surface area contributed by atoms with E-state index in [1.54, 1.807) is 0 Å². The van der Waals surface area contributed by atoms with Crippen molar-refractivity contribution >= 4 is 0 Å². The van der Waals surface area contributed by atoms with Crippen molar-refractivity contribution in [2.24, 2.45) is 0 Å². The Morgan fingerprint density at radius 2 is 1.85 bits per heavy atom. The monoisotopic (exact) mass is 281 g/mol. The molecule has 0 spiro atoms. The van der Waals surface area contributed by atoms with Gasteiger partial charge in [0.05, 0.1) is 6.54 Å². The van der Waals surface area contributed by atoms with Crippen molar-refractivity contribution < 1.29 is 17.9 Å². The van der Waals surface area contributed by atoms with Crippen molar-refractivity contribution in [1.29, 1.82) is 0 Å². The number of nitrogens with one attached hydrogen (secondary N) is 1. The van der Waals surface area contributed by atoms with Crippen LogP contribution in [0.15, 0.2) is 28.7 Å². The molecule has 0 aliphatic rings. The van der Waals surface area contributed by atoms with E-state index in [0.29, 0.717) is 6.54 Å². The van der Waals surface area contributed by atoms with E-state index in [4.69, 9.17) is 9.15 Å². The molecule has 0 saturated carbocycles. The number of benzene rings is 1. The molecule has 2 aromatic rings. The van der Waals surface area contributed by atoms with Crippen LogP contribution in [-0.2, 0) is 13.2 Å². The summed E-state index contributed by atoms with van der Waals surface area (Å²) in [5.74, 6) is 0.410. The molecule has 0 saturated heterocycles. The zero-order chi connectivity index (χ0) is 14.5. The van der Waals surface area contributed by atoms with Gasteiger partial charge in [-0.3, -0.25) is 0 Å². The molecule has 1 N–H and O–H groups in total. The largest absolute Gasteiger partial charge is 0.489 e. The first kappa shape index (κ1) is 14.5. The van der Waals surface area contributed by atoms with Gasteiger partial charge in [-0.2, -0.15) is 0 Å². The summed E-state index contributed by atoms with van der Waals surface area (Å²) < 4.78 is 37.0. The van der Waals surface area contributed by atoms with Crippen molar-refractivity contribution in [3.8, 4) is 5.75 Å². The van der Waals surface area contributed by atoms with Crippen LogP contribution in [0.2, 0.25) is 0 Å². The average Bonchev–Trinajstić information content (AvgIpc) is 2.73. The summed E-state index contributed by atoms with van der Waals surface area (Å²) in [6.45, 7) is 5.56. The van der Waals surface area contributed by atoms with Crippen LogP contribution in [0.25, 0.3) is 0 Å². The molecule has 0 aliphatic carbocycles. The Balaban J connectivity index is 2.01. The van der Waals surface area contributed by atoms with E-state index >= 15 is 0 Å². The van der Waals surface area contributed by atoms with Gasteiger partial charge in [-0.05, 0) is 19.5 Å². The van der Waals surface area contributed by atoms with Gasteiger partial charge in [0.15, 0.2) is 0 Å². The van der Waals surface area contributed by atoms with Gasteiger partial charge in [-0.1, -0.05) is 6.92 Å². The third-order valence-electron chi connectivity index (χ3n) is 2.85. The van der Waals surface area contributed by atoms with Crippen molar-refractivity contribution in [2.75, 3.05) is 6.54 Å². The lowest BCUT2D eigenvalue weighted by Gasteiger charge is -2.05. The lowest BCUT2D eigenvalue weighted by Crippen LogP contribution is -2.10. The highest BCUT2D eigenvalue weighted by molar-refractivity contribution is 5.25. The summed E-state index contributed by atoms with van der Waals surface area (Å²) in [6, 6.07) is 4.99. The Bertz CT molecular complexity index is 561. The van der Waals surface area contributed by atoms with Crippen molar-refractivity contribution in [1.82, 2.24) is 5.32 Å². The topological polar surface area (TPSA) is 34.4 Å². The quantitative estimate of drug-likeness (QED) is 0.879. The molecule has 5 heteroatoms. The summed E-state index contributed by atoms with van der Waals surface area (Å²) in [7, 11) is 0. The minimum Gasteiger partial charge on any atom is -0.489 e. The molecule has 0 atom stereocenters. The predicted octanol–water partition coefficient (Wildman–Crippen LogP) is 3.55. The second-order valence-electron chi connectivity index (χ2n) is 4.47. The number of aryl methyl sites for hydroxylation is 1. The lowest BCUT2D eigenvalue weighted by molar-refractivity contribution is 0.299. The van der Waals surface area contributed by atoms with E-state index < -0.39 is 11.6 Å². The Hall–Kier alpha value is -1.88. The van der Waals surface area contributed by atoms with Crippen LogP contribution in [-0.4, -0.2) is 6.54 Å². The smallest absolute Gasteiger partial charge is 0.129 e. The summed E-state index contributed by atoms with van der Waals surface area (Å²) in [5, 5.41) is 3.16. The maximum Gasteiger partial charge on any atom is 0.129 e. The molecule has 1 aromatic carbocycles. The zero-order valence-corrected chi connectivity index (χ0v) is 11.5. The first-order chi connectivity index (χ1) is 9.58. The van der Waals surface area contributed by atoms with Crippen molar-refractivity contribution in [2.45, 2.75) is 27.0 Å². The van der Waals surface area contributed by atoms with Gasteiger partial charge in [0.2, 0.25) is 0 Å². The molecule has 1 aromatic heterocycles. The maximum atomic E-state index is 13.0. The highest BCUT2D eigenvalue weighted by atomic mass is 19.1. The molecule has 0 fully saturated rings. The first-order valence-electron chi connectivity index (χ1n) is 6.46. The van der Waals surface area contributed by atoms with Crippen molar-refractivity contribution in [3.05, 3.63) is 53.0 Å². The highest BCUT2D eigenvalue weighted by Gasteiger charge is 2.09. The average molecular weight is 281 g/mol. The van der Waals surface area contributed by atoms with E-state index in [1.807, 2.05) is 19.9 Å². The van der Waals surface area contributed by atoms with E-state index in [0.717, 1.165) is 41.8 Å². The third kappa shape index (κ3) is 3.81. The van der Waals surface area contributed by atoms with Crippen LogP contribution in [0, 0.1) is 18.6 Å². The normalized spacial score (nSPS) is 10.8. The van der Waals surface area contributed by atoms with E-state index in [2.05, 4.69) is 5.32 Å². The van der Waals surface area contributed by atoms with Gasteiger partial charge >= 0.3 is 0 Å².